The van der Waals surface area contributed by atoms with Crippen molar-refractivity contribution in [1.82, 2.24) is 4.31 Å². The Morgan fingerprint density at radius 3 is 2.64 bits per heavy atom. The lowest BCUT2D eigenvalue weighted by Gasteiger charge is -2.14. The third kappa shape index (κ3) is 2.46. The van der Waals surface area contributed by atoms with Crippen molar-refractivity contribution in [2.75, 3.05) is 20.1 Å². The fraction of sp³-hybridized carbons (Fsp3) is 0.429. The molecule has 80 valence electrons. The van der Waals surface area contributed by atoms with E-state index in [1.165, 1.54) is 17.4 Å². The molecule has 0 unspecified atom stereocenters. The fourth-order valence-electron chi connectivity index (χ4n) is 0.892. The standard InChI is InChI=1S/C7H11ClN2O2S2/c1-10(5-4-9)14(11,12)7-3-2-6(8)13-7/h2-3H,4-5,9H2,1H3. The topological polar surface area (TPSA) is 63.4 Å². The normalized spacial score (nSPS) is 12.3. The van der Waals surface area contributed by atoms with Crippen LogP contribution in [0.4, 0.5) is 0 Å². The lowest BCUT2D eigenvalue weighted by molar-refractivity contribution is 0.478. The highest BCUT2D eigenvalue weighted by Gasteiger charge is 2.21. The van der Waals surface area contributed by atoms with Gasteiger partial charge in [-0.25, -0.2) is 8.42 Å². The molecule has 0 aliphatic carbocycles. The van der Waals surface area contributed by atoms with Gasteiger partial charge in [0.25, 0.3) is 10.0 Å². The Morgan fingerprint density at radius 2 is 2.21 bits per heavy atom. The zero-order chi connectivity index (χ0) is 10.8. The predicted molar refractivity (Wildman–Crippen MR) is 58.2 cm³/mol. The molecule has 1 aromatic heterocycles. The summed E-state index contributed by atoms with van der Waals surface area (Å²) < 4.78 is 25.4. The van der Waals surface area contributed by atoms with Gasteiger partial charge in [0.1, 0.15) is 4.21 Å². The minimum Gasteiger partial charge on any atom is -0.329 e. The van der Waals surface area contributed by atoms with Gasteiger partial charge in [-0.3, -0.25) is 0 Å². The maximum atomic E-state index is 11.8. The van der Waals surface area contributed by atoms with Gasteiger partial charge in [0, 0.05) is 20.1 Å². The highest BCUT2D eigenvalue weighted by Crippen LogP contribution is 2.27. The van der Waals surface area contributed by atoms with Gasteiger partial charge in [-0.15, -0.1) is 11.3 Å². The summed E-state index contributed by atoms with van der Waals surface area (Å²) in [6.07, 6.45) is 0. The largest absolute Gasteiger partial charge is 0.329 e. The van der Waals surface area contributed by atoms with E-state index in [9.17, 15) is 8.42 Å². The zero-order valence-electron chi connectivity index (χ0n) is 7.60. The number of nitrogens with two attached hydrogens (primary N) is 1. The molecule has 0 radical (unpaired) electrons. The number of halogens is 1. The Morgan fingerprint density at radius 1 is 1.57 bits per heavy atom. The monoisotopic (exact) mass is 254 g/mol. The summed E-state index contributed by atoms with van der Waals surface area (Å²) in [4.78, 5) is 0. The van der Waals surface area contributed by atoms with Crippen LogP contribution in [0.15, 0.2) is 16.3 Å². The third-order valence-electron chi connectivity index (χ3n) is 1.66. The van der Waals surface area contributed by atoms with Gasteiger partial charge in [0.2, 0.25) is 0 Å². The second-order valence-corrected chi connectivity index (χ2v) is 6.66. The van der Waals surface area contributed by atoms with E-state index in [-0.39, 0.29) is 4.21 Å². The highest BCUT2D eigenvalue weighted by molar-refractivity contribution is 7.91. The highest BCUT2D eigenvalue weighted by atomic mass is 35.5. The summed E-state index contributed by atoms with van der Waals surface area (Å²) in [6.45, 7) is 0.604. The van der Waals surface area contributed by atoms with Gasteiger partial charge in [0.05, 0.1) is 4.34 Å². The number of sulfonamides is 1. The molecule has 0 aliphatic heterocycles. The Balaban J connectivity index is 2.96. The SMILES string of the molecule is CN(CCN)S(=O)(=O)c1ccc(Cl)s1. The first-order valence-electron chi connectivity index (χ1n) is 3.90. The lowest BCUT2D eigenvalue weighted by Crippen LogP contribution is -2.31. The second kappa shape index (κ2) is 4.59. The van der Waals surface area contributed by atoms with Crippen molar-refractivity contribution in [2.24, 2.45) is 5.73 Å². The fourth-order valence-corrected chi connectivity index (χ4v) is 3.77. The van der Waals surface area contributed by atoms with Gasteiger partial charge in [-0.1, -0.05) is 11.6 Å². The van der Waals surface area contributed by atoms with E-state index >= 15 is 0 Å². The molecule has 2 N–H and O–H groups in total. The molecule has 0 aromatic carbocycles. The van der Waals surface area contributed by atoms with E-state index in [4.69, 9.17) is 17.3 Å². The van der Waals surface area contributed by atoms with Crippen molar-refractivity contribution < 1.29 is 8.42 Å². The van der Waals surface area contributed by atoms with Crippen LogP contribution in [0.25, 0.3) is 0 Å². The number of hydrogen-bond acceptors (Lipinski definition) is 4. The van der Waals surface area contributed by atoms with E-state index in [0.717, 1.165) is 11.3 Å². The number of thiophene rings is 1. The molecule has 0 fully saturated rings. The maximum Gasteiger partial charge on any atom is 0.252 e. The minimum absolute atomic E-state index is 0.249. The average molecular weight is 255 g/mol. The Bertz CT molecular complexity index is 402. The molecule has 1 aromatic rings. The van der Waals surface area contributed by atoms with Crippen molar-refractivity contribution in [2.45, 2.75) is 4.21 Å². The smallest absolute Gasteiger partial charge is 0.252 e. The van der Waals surface area contributed by atoms with E-state index in [0.29, 0.717) is 17.4 Å². The first-order valence-corrected chi connectivity index (χ1v) is 6.53. The molecule has 7 heteroatoms. The third-order valence-corrected chi connectivity index (χ3v) is 5.21. The van der Waals surface area contributed by atoms with Gasteiger partial charge >= 0.3 is 0 Å². The van der Waals surface area contributed by atoms with Gasteiger partial charge in [0.15, 0.2) is 0 Å². The lowest BCUT2D eigenvalue weighted by atomic mass is 10.7. The number of likely N-dealkylation sites (N-methyl/N-ethyl adjacent to an activating group) is 1. The van der Waals surface area contributed by atoms with Crippen molar-refractivity contribution in [3.63, 3.8) is 0 Å². The molecule has 4 nitrogen and oxygen atoms in total. The van der Waals surface area contributed by atoms with E-state index in [1.807, 2.05) is 0 Å². The minimum atomic E-state index is -3.39. The first kappa shape index (κ1) is 11.9. The molecule has 0 spiro atoms. The van der Waals surface area contributed by atoms with Crippen LogP contribution < -0.4 is 5.73 Å². The van der Waals surface area contributed by atoms with Crippen LogP contribution in [-0.2, 0) is 10.0 Å². The summed E-state index contributed by atoms with van der Waals surface area (Å²) in [5, 5.41) is 0. The van der Waals surface area contributed by atoms with Crippen molar-refractivity contribution in [3.05, 3.63) is 16.5 Å². The summed E-state index contributed by atoms with van der Waals surface area (Å²) in [6, 6.07) is 3.06. The first-order chi connectivity index (χ1) is 6.48. The Labute approximate surface area is 92.3 Å². The maximum absolute atomic E-state index is 11.8. The Hall–Kier alpha value is -0.140. The summed E-state index contributed by atoms with van der Waals surface area (Å²) in [5.74, 6) is 0. The number of hydrogen-bond donors (Lipinski definition) is 1. The van der Waals surface area contributed by atoms with E-state index < -0.39 is 10.0 Å². The predicted octanol–water partition coefficient (Wildman–Crippen LogP) is 0.981. The second-order valence-electron chi connectivity index (χ2n) is 2.67. The van der Waals surface area contributed by atoms with Crippen molar-refractivity contribution in [1.29, 1.82) is 0 Å². The summed E-state index contributed by atoms with van der Waals surface area (Å²) in [5.41, 5.74) is 5.28. The van der Waals surface area contributed by atoms with Crippen LogP contribution in [0.5, 0.6) is 0 Å². The van der Waals surface area contributed by atoms with Crippen LogP contribution in [0.1, 0.15) is 0 Å². The van der Waals surface area contributed by atoms with Crippen LogP contribution in [0.3, 0.4) is 0 Å². The van der Waals surface area contributed by atoms with Gasteiger partial charge in [-0.2, -0.15) is 4.31 Å². The molecule has 0 saturated carbocycles. The molecule has 0 bridgehead atoms. The quantitative estimate of drug-likeness (QED) is 0.871. The molecule has 1 heterocycles. The van der Waals surface area contributed by atoms with Crippen LogP contribution >= 0.6 is 22.9 Å². The van der Waals surface area contributed by atoms with Crippen LogP contribution in [0.2, 0.25) is 4.34 Å². The average Bonchev–Trinajstić information content (AvgIpc) is 2.52. The molecular formula is C7H11ClN2O2S2. The molecule has 0 amide bonds. The van der Waals surface area contributed by atoms with Crippen LogP contribution in [0, 0.1) is 0 Å². The van der Waals surface area contributed by atoms with E-state index in [2.05, 4.69) is 0 Å². The molecule has 0 atom stereocenters. The van der Waals surface area contributed by atoms with Crippen LogP contribution in [-0.4, -0.2) is 32.9 Å². The van der Waals surface area contributed by atoms with Crippen molar-refractivity contribution in [3.8, 4) is 0 Å². The molecule has 14 heavy (non-hydrogen) atoms. The molecule has 0 saturated heterocycles. The zero-order valence-corrected chi connectivity index (χ0v) is 9.99. The number of rotatable bonds is 4. The molecule has 1 rings (SSSR count). The van der Waals surface area contributed by atoms with Gasteiger partial charge < -0.3 is 5.73 Å². The Kier molecular flexibility index (Phi) is 3.91. The molecule has 0 aliphatic rings. The molecular weight excluding hydrogens is 244 g/mol. The number of nitrogens with zero attached hydrogens (tertiary/aromatic N) is 1. The summed E-state index contributed by atoms with van der Waals surface area (Å²) in [7, 11) is -1.90. The van der Waals surface area contributed by atoms with Crippen molar-refractivity contribution >= 4 is 33.0 Å². The van der Waals surface area contributed by atoms with Gasteiger partial charge in [-0.05, 0) is 12.1 Å². The summed E-state index contributed by atoms with van der Waals surface area (Å²) >= 11 is 6.70. The van der Waals surface area contributed by atoms with E-state index in [1.54, 1.807) is 6.07 Å².